The van der Waals surface area contributed by atoms with E-state index in [-0.39, 0.29) is 0 Å². The molecule has 2 bridgehead atoms. The van der Waals surface area contributed by atoms with Gasteiger partial charge in [-0.3, -0.25) is 16.0 Å². The number of nitrogens with one attached hydrogen (secondary N) is 1. The molecule has 116 valence electrons. The smallest absolute Gasteiger partial charge is 0.0640 e. The quantitative estimate of drug-likeness (QED) is 0.625. The van der Waals surface area contributed by atoms with E-state index >= 15 is 0 Å². The minimum atomic E-state index is 0.420. The summed E-state index contributed by atoms with van der Waals surface area (Å²) in [7, 11) is 0. The Balaban J connectivity index is 1.42. The maximum absolute atomic E-state index is 5.88. The number of hydrazine groups is 1. The van der Waals surface area contributed by atoms with E-state index in [1.54, 1.807) is 0 Å². The van der Waals surface area contributed by atoms with E-state index in [0.29, 0.717) is 12.1 Å². The van der Waals surface area contributed by atoms with E-state index in [2.05, 4.69) is 36.2 Å². The second kappa shape index (κ2) is 5.10. The van der Waals surface area contributed by atoms with Crippen LogP contribution in [0.25, 0.3) is 0 Å². The van der Waals surface area contributed by atoms with Crippen LogP contribution in [0.15, 0.2) is 12.3 Å². The summed E-state index contributed by atoms with van der Waals surface area (Å²) in [5.41, 5.74) is 4.30. The van der Waals surface area contributed by atoms with Crippen molar-refractivity contribution in [2.24, 2.45) is 35.4 Å². The van der Waals surface area contributed by atoms with Crippen molar-refractivity contribution in [1.82, 2.24) is 15.2 Å². The Labute approximate surface area is 127 Å². The highest BCUT2D eigenvalue weighted by Crippen LogP contribution is 2.70. The van der Waals surface area contributed by atoms with Gasteiger partial charge in [0, 0.05) is 24.7 Å². The highest BCUT2D eigenvalue weighted by molar-refractivity contribution is 5.17. The number of nitrogens with two attached hydrogens (primary N) is 1. The number of hydrogen-bond acceptors (Lipinski definition) is 3. The lowest BCUT2D eigenvalue weighted by atomic mass is 9.95. The molecule has 1 aromatic rings. The molecule has 0 aromatic carbocycles. The highest BCUT2D eigenvalue weighted by Gasteiger charge is 2.66. The lowest BCUT2D eigenvalue weighted by Crippen LogP contribution is -2.40. The summed E-state index contributed by atoms with van der Waals surface area (Å²) in [6, 6.07) is 3.08. The van der Waals surface area contributed by atoms with Crippen LogP contribution in [0.4, 0.5) is 0 Å². The Morgan fingerprint density at radius 1 is 1.38 bits per heavy atom. The van der Waals surface area contributed by atoms with Crippen LogP contribution >= 0.6 is 0 Å². The first-order valence-corrected chi connectivity index (χ1v) is 8.73. The first kappa shape index (κ1) is 13.8. The lowest BCUT2D eigenvalue weighted by molar-refractivity contribution is 0.361. The van der Waals surface area contributed by atoms with E-state index in [9.17, 15) is 0 Å². The molecule has 1 heterocycles. The van der Waals surface area contributed by atoms with E-state index in [4.69, 9.17) is 10.9 Å². The van der Waals surface area contributed by atoms with Crippen molar-refractivity contribution in [3.8, 4) is 0 Å². The SMILES string of the molecule is CCC(C)n1ccc(CC(NN)C2C3C4CCC(C4)C32)n1. The average molecular weight is 288 g/mol. The van der Waals surface area contributed by atoms with Gasteiger partial charge in [-0.15, -0.1) is 0 Å². The van der Waals surface area contributed by atoms with Gasteiger partial charge in [0.1, 0.15) is 0 Å². The zero-order valence-electron chi connectivity index (χ0n) is 13.2. The van der Waals surface area contributed by atoms with Crippen LogP contribution in [0.3, 0.4) is 0 Å². The Hall–Kier alpha value is -0.870. The molecule has 3 N–H and O–H groups in total. The van der Waals surface area contributed by atoms with Gasteiger partial charge in [-0.2, -0.15) is 5.10 Å². The summed E-state index contributed by atoms with van der Waals surface area (Å²) >= 11 is 0. The maximum atomic E-state index is 5.88. The number of nitrogens with zero attached hydrogens (tertiary/aromatic N) is 2. The third kappa shape index (κ3) is 2.15. The van der Waals surface area contributed by atoms with Gasteiger partial charge < -0.3 is 0 Å². The first-order chi connectivity index (χ1) is 10.2. The molecule has 3 aliphatic rings. The van der Waals surface area contributed by atoms with Crippen LogP contribution in [0.1, 0.15) is 51.3 Å². The number of hydrogen-bond donors (Lipinski definition) is 2. The molecular formula is C17H28N4. The standard InChI is InChI=1S/C17H28N4/c1-3-10(2)21-7-6-13(20-21)9-14(19-18)17-15-11-4-5-12(8-11)16(15)17/h6-7,10-12,14-17,19H,3-5,8-9,18H2,1-2H3. The molecule has 21 heavy (non-hydrogen) atoms. The first-order valence-electron chi connectivity index (χ1n) is 8.73. The average Bonchev–Trinajstić information content (AvgIpc) is 2.91. The van der Waals surface area contributed by atoms with Crippen LogP contribution in [-0.4, -0.2) is 15.8 Å². The zero-order chi connectivity index (χ0) is 14.6. The second-order valence-electron chi connectivity index (χ2n) is 7.59. The number of aromatic nitrogens is 2. The fourth-order valence-electron chi connectivity index (χ4n) is 5.38. The van der Waals surface area contributed by atoms with Crippen LogP contribution in [0.5, 0.6) is 0 Å². The summed E-state index contributed by atoms with van der Waals surface area (Å²) in [6.45, 7) is 4.43. The van der Waals surface area contributed by atoms with Crippen molar-refractivity contribution < 1.29 is 0 Å². The molecule has 0 saturated heterocycles. The van der Waals surface area contributed by atoms with Crippen molar-refractivity contribution in [1.29, 1.82) is 0 Å². The Morgan fingerprint density at radius 2 is 2.10 bits per heavy atom. The molecule has 4 heteroatoms. The largest absolute Gasteiger partial charge is 0.271 e. The third-order valence-corrected chi connectivity index (χ3v) is 6.61. The van der Waals surface area contributed by atoms with Gasteiger partial charge in [-0.25, -0.2) is 0 Å². The van der Waals surface area contributed by atoms with Crippen molar-refractivity contribution in [3.63, 3.8) is 0 Å². The second-order valence-corrected chi connectivity index (χ2v) is 7.59. The summed E-state index contributed by atoms with van der Waals surface area (Å²) in [6.07, 6.45) is 8.68. The number of fused-ring (bicyclic) bond motifs is 5. The predicted octanol–water partition coefficient (Wildman–Crippen LogP) is 2.52. The molecule has 3 aliphatic carbocycles. The molecular weight excluding hydrogens is 260 g/mol. The van der Waals surface area contributed by atoms with E-state index < -0.39 is 0 Å². The Morgan fingerprint density at radius 3 is 2.71 bits per heavy atom. The molecule has 6 unspecified atom stereocenters. The topological polar surface area (TPSA) is 55.9 Å². The van der Waals surface area contributed by atoms with Gasteiger partial charge in [0.05, 0.1) is 5.69 Å². The summed E-state index contributed by atoms with van der Waals surface area (Å²) in [4.78, 5) is 0. The van der Waals surface area contributed by atoms with Gasteiger partial charge in [0.2, 0.25) is 0 Å². The fraction of sp³-hybridized carbons (Fsp3) is 0.824. The van der Waals surface area contributed by atoms with Crippen molar-refractivity contribution >= 4 is 0 Å². The molecule has 0 aliphatic heterocycles. The van der Waals surface area contributed by atoms with Crippen LogP contribution in [-0.2, 0) is 6.42 Å². The van der Waals surface area contributed by atoms with Gasteiger partial charge in [-0.1, -0.05) is 6.92 Å². The van der Waals surface area contributed by atoms with Crippen molar-refractivity contribution in [2.45, 2.75) is 58.0 Å². The molecule has 4 nitrogen and oxygen atoms in total. The predicted molar refractivity (Wildman–Crippen MR) is 83.3 cm³/mol. The van der Waals surface area contributed by atoms with Crippen LogP contribution in [0, 0.1) is 29.6 Å². The summed E-state index contributed by atoms with van der Waals surface area (Å²) in [5.74, 6) is 10.7. The van der Waals surface area contributed by atoms with Gasteiger partial charge in [-0.05, 0) is 68.3 Å². The van der Waals surface area contributed by atoms with Gasteiger partial charge in [0.15, 0.2) is 0 Å². The maximum Gasteiger partial charge on any atom is 0.0640 e. The van der Waals surface area contributed by atoms with Gasteiger partial charge in [0.25, 0.3) is 0 Å². The molecule has 1 aromatic heterocycles. The van der Waals surface area contributed by atoms with Gasteiger partial charge >= 0.3 is 0 Å². The van der Waals surface area contributed by atoms with E-state index in [1.807, 2.05) is 0 Å². The summed E-state index contributed by atoms with van der Waals surface area (Å²) < 4.78 is 2.10. The van der Waals surface area contributed by atoms with E-state index in [0.717, 1.165) is 42.4 Å². The third-order valence-electron chi connectivity index (χ3n) is 6.61. The van der Waals surface area contributed by atoms with Crippen LogP contribution < -0.4 is 11.3 Å². The number of rotatable bonds is 6. The monoisotopic (exact) mass is 288 g/mol. The molecule has 3 fully saturated rings. The lowest BCUT2D eigenvalue weighted by Gasteiger charge is -2.18. The molecule has 0 amide bonds. The fourth-order valence-corrected chi connectivity index (χ4v) is 5.38. The molecule has 3 saturated carbocycles. The van der Waals surface area contributed by atoms with Crippen LogP contribution in [0.2, 0.25) is 0 Å². The molecule has 6 atom stereocenters. The molecule has 0 radical (unpaired) electrons. The Kier molecular flexibility index (Phi) is 3.34. The molecule has 0 spiro atoms. The minimum Gasteiger partial charge on any atom is -0.271 e. The zero-order valence-corrected chi connectivity index (χ0v) is 13.2. The Bertz CT molecular complexity index is 495. The highest BCUT2D eigenvalue weighted by atomic mass is 15.3. The van der Waals surface area contributed by atoms with E-state index in [1.165, 1.54) is 25.0 Å². The molecule has 4 rings (SSSR count). The minimum absolute atomic E-state index is 0.420. The van der Waals surface area contributed by atoms with Crippen molar-refractivity contribution in [3.05, 3.63) is 18.0 Å². The van der Waals surface area contributed by atoms with Crippen molar-refractivity contribution in [2.75, 3.05) is 0 Å². The summed E-state index contributed by atoms with van der Waals surface area (Å²) in [5, 5.41) is 4.75. The normalized spacial score (nSPS) is 39.3.